The molecule has 1 aliphatic heterocycles. The topological polar surface area (TPSA) is 28.2 Å². The number of rotatable bonds is 3. The van der Waals surface area contributed by atoms with Crippen molar-refractivity contribution in [2.75, 3.05) is 18.0 Å². The van der Waals surface area contributed by atoms with Crippen LogP contribution in [0.1, 0.15) is 52.3 Å². The second-order valence-corrected chi connectivity index (χ2v) is 7.91. The molecule has 0 aromatic carbocycles. The number of anilines is 1. The first-order valence-corrected chi connectivity index (χ1v) is 7.62. The summed E-state index contributed by atoms with van der Waals surface area (Å²) in [6.07, 6.45) is 1.25. The maximum atomic E-state index is 4.72. The van der Waals surface area contributed by atoms with Gasteiger partial charge in [-0.1, -0.05) is 13.8 Å². The van der Waals surface area contributed by atoms with Crippen LogP contribution in [0.25, 0.3) is 0 Å². The zero-order valence-electron chi connectivity index (χ0n) is 13.9. The lowest BCUT2D eigenvalue weighted by atomic mass is 9.93. The van der Waals surface area contributed by atoms with Crippen molar-refractivity contribution in [2.24, 2.45) is 5.41 Å². The van der Waals surface area contributed by atoms with E-state index in [4.69, 9.17) is 4.98 Å². The minimum absolute atomic E-state index is 0.146. The van der Waals surface area contributed by atoms with Crippen LogP contribution >= 0.6 is 0 Å². The SMILES string of the molecule is Cc1cc(CNC(C)(C)C)cc(N2CCC(C)(C)C2)n1. The molecule has 0 amide bonds. The standard InChI is InChI=1S/C17H29N3/c1-13-9-14(11-18-16(2,3)4)10-15(19-13)20-8-7-17(5,6)12-20/h9-10,18H,7-8,11-12H2,1-6H3. The molecule has 1 aromatic heterocycles. The number of aryl methyl sites for hydroxylation is 1. The molecule has 1 fully saturated rings. The molecule has 1 N–H and O–H groups in total. The van der Waals surface area contributed by atoms with Gasteiger partial charge < -0.3 is 10.2 Å². The Hall–Kier alpha value is -1.09. The van der Waals surface area contributed by atoms with Gasteiger partial charge in [-0.2, -0.15) is 0 Å². The molecular weight excluding hydrogens is 246 g/mol. The van der Waals surface area contributed by atoms with Crippen LogP contribution < -0.4 is 10.2 Å². The van der Waals surface area contributed by atoms with E-state index in [9.17, 15) is 0 Å². The van der Waals surface area contributed by atoms with Crippen molar-refractivity contribution in [3.63, 3.8) is 0 Å². The van der Waals surface area contributed by atoms with Crippen LogP contribution in [0.5, 0.6) is 0 Å². The quantitative estimate of drug-likeness (QED) is 0.915. The second-order valence-electron chi connectivity index (χ2n) is 7.91. The summed E-state index contributed by atoms with van der Waals surface area (Å²) in [6, 6.07) is 4.43. The van der Waals surface area contributed by atoms with Gasteiger partial charge >= 0.3 is 0 Å². The van der Waals surface area contributed by atoms with Crippen LogP contribution in [-0.2, 0) is 6.54 Å². The van der Waals surface area contributed by atoms with Gasteiger partial charge in [0.15, 0.2) is 0 Å². The van der Waals surface area contributed by atoms with E-state index >= 15 is 0 Å². The molecule has 0 aliphatic carbocycles. The molecule has 1 saturated heterocycles. The summed E-state index contributed by atoms with van der Waals surface area (Å²) < 4.78 is 0. The van der Waals surface area contributed by atoms with E-state index in [1.54, 1.807) is 0 Å². The van der Waals surface area contributed by atoms with Crippen molar-refractivity contribution >= 4 is 5.82 Å². The van der Waals surface area contributed by atoms with Crippen molar-refractivity contribution in [1.29, 1.82) is 0 Å². The van der Waals surface area contributed by atoms with Crippen LogP contribution in [0.2, 0.25) is 0 Å². The molecule has 3 heteroatoms. The fourth-order valence-electron chi connectivity index (χ4n) is 2.66. The lowest BCUT2D eigenvalue weighted by molar-refractivity contribution is 0.418. The normalized spacial score (nSPS) is 18.6. The number of hydrogen-bond acceptors (Lipinski definition) is 3. The van der Waals surface area contributed by atoms with Crippen molar-refractivity contribution in [1.82, 2.24) is 10.3 Å². The van der Waals surface area contributed by atoms with Gasteiger partial charge in [-0.3, -0.25) is 0 Å². The number of nitrogens with one attached hydrogen (secondary N) is 1. The molecule has 0 spiro atoms. The highest BCUT2D eigenvalue weighted by molar-refractivity contribution is 5.44. The van der Waals surface area contributed by atoms with Gasteiger partial charge in [0.05, 0.1) is 0 Å². The van der Waals surface area contributed by atoms with Gasteiger partial charge in [-0.15, -0.1) is 0 Å². The molecule has 0 bridgehead atoms. The summed E-state index contributed by atoms with van der Waals surface area (Å²) in [5, 5.41) is 3.55. The predicted octanol–water partition coefficient (Wildman–Crippen LogP) is 3.51. The minimum Gasteiger partial charge on any atom is -0.356 e. The monoisotopic (exact) mass is 275 g/mol. The first-order chi connectivity index (χ1) is 9.15. The molecule has 0 radical (unpaired) electrons. The van der Waals surface area contributed by atoms with E-state index in [1.807, 2.05) is 0 Å². The Morgan fingerprint density at radius 1 is 1.30 bits per heavy atom. The highest BCUT2D eigenvalue weighted by Gasteiger charge is 2.30. The van der Waals surface area contributed by atoms with Crippen molar-refractivity contribution in [2.45, 2.75) is 60.0 Å². The van der Waals surface area contributed by atoms with Gasteiger partial charge in [0.1, 0.15) is 5.82 Å². The molecule has 0 atom stereocenters. The highest BCUT2D eigenvalue weighted by Crippen LogP contribution is 2.32. The molecular formula is C17H29N3. The zero-order valence-corrected chi connectivity index (χ0v) is 13.9. The van der Waals surface area contributed by atoms with E-state index in [-0.39, 0.29) is 5.54 Å². The molecule has 1 aliphatic rings. The summed E-state index contributed by atoms with van der Waals surface area (Å²) in [7, 11) is 0. The molecule has 1 aromatic rings. The number of nitrogens with zero attached hydrogens (tertiary/aromatic N) is 2. The van der Waals surface area contributed by atoms with E-state index in [1.165, 1.54) is 12.0 Å². The Kier molecular flexibility index (Phi) is 4.10. The summed E-state index contributed by atoms with van der Waals surface area (Å²) in [5.41, 5.74) is 2.99. The number of aromatic nitrogens is 1. The first-order valence-electron chi connectivity index (χ1n) is 7.62. The van der Waals surface area contributed by atoms with Gasteiger partial charge in [0.2, 0.25) is 0 Å². The van der Waals surface area contributed by atoms with Crippen LogP contribution in [0.3, 0.4) is 0 Å². The van der Waals surface area contributed by atoms with Crippen molar-refractivity contribution < 1.29 is 0 Å². The molecule has 0 unspecified atom stereocenters. The summed E-state index contributed by atoms with van der Waals surface area (Å²) >= 11 is 0. The molecule has 3 nitrogen and oxygen atoms in total. The number of pyridine rings is 1. The summed E-state index contributed by atoms with van der Waals surface area (Å²) in [6.45, 7) is 16.5. The fourth-order valence-corrected chi connectivity index (χ4v) is 2.66. The van der Waals surface area contributed by atoms with Crippen molar-refractivity contribution in [3.8, 4) is 0 Å². The Morgan fingerprint density at radius 2 is 2.00 bits per heavy atom. The average molecular weight is 275 g/mol. The van der Waals surface area contributed by atoms with E-state index in [0.717, 1.165) is 31.1 Å². The third kappa shape index (κ3) is 4.20. The summed E-state index contributed by atoms with van der Waals surface area (Å²) in [5.74, 6) is 1.14. The molecule has 112 valence electrons. The lowest BCUT2D eigenvalue weighted by Crippen LogP contribution is -2.35. The highest BCUT2D eigenvalue weighted by atomic mass is 15.2. The predicted molar refractivity (Wildman–Crippen MR) is 86.2 cm³/mol. The first kappa shape index (κ1) is 15.3. The Morgan fingerprint density at radius 3 is 2.55 bits per heavy atom. The summed E-state index contributed by atoms with van der Waals surface area (Å²) in [4.78, 5) is 7.15. The van der Waals surface area contributed by atoms with Gasteiger partial charge in [0.25, 0.3) is 0 Å². The van der Waals surface area contributed by atoms with Crippen LogP contribution in [0.4, 0.5) is 5.82 Å². The maximum absolute atomic E-state index is 4.72. The molecule has 2 heterocycles. The van der Waals surface area contributed by atoms with Crippen LogP contribution in [-0.4, -0.2) is 23.6 Å². The maximum Gasteiger partial charge on any atom is 0.129 e. The third-order valence-electron chi connectivity index (χ3n) is 3.82. The molecule has 0 saturated carbocycles. The smallest absolute Gasteiger partial charge is 0.129 e. The van der Waals surface area contributed by atoms with Crippen LogP contribution in [0, 0.1) is 12.3 Å². The van der Waals surface area contributed by atoms with Crippen LogP contribution in [0.15, 0.2) is 12.1 Å². The van der Waals surface area contributed by atoms with Crippen molar-refractivity contribution in [3.05, 3.63) is 23.4 Å². The molecule has 2 rings (SSSR count). The Labute approximate surface area is 123 Å². The van der Waals surface area contributed by atoms with Gasteiger partial charge in [-0.05, 0) is 57.2 Å². The minimum atomic E-state index is 0.146. The van der Waals surface area contributed by atoms with Gasteiger partial charge in [-0.25, -0.2) is 4.98 Å². The third-order valence-corrected chi connectivity index (χ3v) is 3.82. The molecule has 20 heavy (non-hydrogen) atoms. The lowest BCUT2D eigenvalue weighted by Gasteiger charge is -2.23. The Balaban J connectivity index is 2.13. The Bertz CT molecular complexity index is 472. The fraction of sp³-hybridized carbons (Fsp3) is 0.706. The number of hydrogen-bond donors (Lipinski definition) is 1. The average Bonchev–Trinajstić information content (AvgIpc) is 2.66. The van der Waals surface area contributed by atoms with Gasteiger partial charge in [0, 0.05) is 30.9 Å². The van der Waals surface area contributed by atoms with E-state index in [0.29, 0.717) is 5.41 Å². The largest absolute Gasteiger partial charge is 0.356 e. The van der Waals surface area contributed by atoms with E-state index < -0.39 is 0 Å². The second kappa shape index (κ2) is 5.36. The van der Waals surface area contributed by atoms with E-state index in [2.05, 4.69) is 63.9 Å². The zero-order chi connectivity index (χ0) is 15.0.